The van der Waals surface area contributed by atoms with Crippen LogP contribution in [-0.2, 0) is 4.79 Å². The van der Waals surface area contributed by atoms with Crippen LogP contribution in [0, 0.1) is 0 Å². The minimum atomic E-state index is -0.228. The van der Waals surface area contributed by atoms with E-state index in [1.165, 1.54) is 36.4 Å². The van der Waals surface area contributed by atoms with Crippen molar-refractivity contribution in [1.82, 2.24) is 0 Å². The molecule has 7 heteroatoms. The minimum Gasteiger partial charge on any atom is -0.507 e. The van der Waals surface area contributed by atoms with E-state index >= 15 is 0 Å². The second kappa shape index (κ2) is 11.2. The van der Waals surface area contributed by atoms with Gasteiger partial charge in [0, 0.05) is 29.1 Å². The van der Waals surface area contributed by atoms with Crippen molar-refractivity contribution in [2.24, 2.45) is 0 Å². The van der Waals surface area contributed by atoms with E-state index < -0.39 is 0 Å². The molecule has 1 N–H and O–H groups in total. The van der Waals surface area contributed by atoms with Gasteiger partial charge in [-0.15, -0.1) is 11.8 Å². The van der Waals surface area contributed by atoms with Crippen LogP contribution in [0.4, 0.5) is 0 Å². The molecule has 1 saturated heterocycles. The number of aliphatic hydroxyl groups excluding tert-OH is 1. The second-order valence-corrected chi connectivity index (χ2v) is 9.96. The molecular weight excluding hydrogens is 392 g/mol. The normalized spacial score (nSPS) is 17.5. The first-order valence-electron chi connectivity index (χ1n) is 8.16. The van der Waals surface area contributed by atoms with Crippen molar-refractivity contribution in [2.45, 2.75) is 37.4 Å². The van der Waals surface area contributed by atoms with E-state index in [0.717, 1.165) is 18.1 Å². The van der Waals surface area contributed by atoms with Crippen molar-refractivity contribution in [3.63, 3.8) is 0 Å². The summed E-state index contributed by atoms with van der Waals surface area (Å²) in [4.78, 5) is 12.0. The molecule has 0 bridgehead atoms. The monoisotopic (exact) mass is 414 g/mol. The number of esters is 1. The van der Waals surface area contributed by atoms with Gasteiger partial charge in [0.2, 0.25) is 0 Å². The van der Waals surface area contributed by atoms with Crippen LogP contribution < -0.4 is 4.74 Å². The zero-order chi connectivity index (χ0) is 18.1. The van der Waals surface area contributed by atoms with Crippen molar-refractivity contribution < 1.29 is 14.6 Å². The molecule has 1 aromatic rings. The third-order valence-electron chi connectivity index (χ3n) is 3.70. The zero-order valence-electron chi connectivity index (χ0n) is 14.1. The number of ether oxygens (including phenoxy) is 1. The molecule has 0 radical (unpaired) electrons. The highest BCUT2D eigenvalue weighted by Crippen LogP contribution is 2.39. The molecule has 1 heterocycles. The van der Waals surface area contributed by atoms with Gasteiger partial charge in [0.1, 0.15) is 11.5 Å². The molecule has 3 nitrogen and oxygen atoms in total. The number of hydrogen-bond donors (Lipinski definition) is 1. The molecule has 0 spiro atoms. The molecule has 2 rings (SSSR count). The molecule has 0 amide bonds. The molecule has 1 fully saturated rings. The summed E-state index contributed by atoms with van der Waals surface area (Å²) < 4.78 is 5.98. The van der Waals surface area contributed by atoms with Crippen LogP contribution in [0.2, 0.25) is 0 Å². The van der Waals surface area contributed by atoms with Crippen LogP contribution in [0.1, 0.15) is 37.7 Å². The van der Waals surface area contributed by atoms with Crippen molar-refractivity contribution in [3.8, 4) is 5.75 Å². The lowest BCUT2D eigenvalue weighted by atomic mass is 10.1. The number of carbonyl (C=O) groups excluding carboxylic acids is 1. The van der Waals surface area contributed by atoms with Gasteiger partial charge in [-0.05, 0) is 37.7 Å². The molecule has 1 aliphatic heterocycles. The highest BCUT2D eigenvalue weighted by molar-refractivity contribution is 8.77. The predicted molar refractivity (Wildman–Crippen MR) is 116 cm³/mol. The van der Waals surface area contributed by atoms with Crippen LogP contribution in [0.25, 0.3) is 5.76 Å². The van der Waals surface area contributed by atoms with Gasteiger partial charge >= 0.3 is 5.97 Å². The molecule has 1 aliphatic rings. The Labute approximate surface area is 166 Å². The van der Waals surface area contributed by atoms with Gasteiger partial charge in [-0.25, -0.2) is 0 Å². The number of carbonyl (C=O) groups is 1. The summed E-state index contributed by atoms with van der Waals surface area (Å²) in [5.41, 5.74) is 0.581. The van der Waals surface area contributed by atoms with Gasteiger partial charge in [0.25, 0.3) is 0 Å². The quantitative estimate of drug-likeness (QED) is 0.108. The van der Waals surface area contributed by atoms with Crippen molar-refractivity contribution in [1.29, 1.82) is 0 Å². The highest BCUT2D eigenvalue weighted by Gasteiger charge is 2.16. The van der Waals surface area contributed by atoms with Gasteiger partial charge < -0.3 is 9.84 Å². The lowest BCUT2D eigenvalue weighted by molar-refractivity contribution is -0.134. The van der Waals surface area contributed by atoms with Gasteiger partial charge in [-0.2, -0.15) is 0 Å². The maximum Gasteiger partial charge on any atom is 0.311 e. The Bertz CT molecular complexity index is 625. The molecule has 1 aromatic carbocycles. The molecule has 1 atom stereocenters. The Kier molecular flexibility index (Phi) is 9.23. The van der Waals surface area contributed by atoms with Crippen molar-refractivity contribution in [2.75, 3.05) is 12.0 Å². The van der Waals surface area contributed by atoms with E-state index in [1.807, 2.05) is 27.8 Å². The maximum absolute atomic E-state index is 12.0. The maximum atomic E-state index is 12.0. The Morgan fingerprint density at radius 2 is 2.32 bits per heavy atom. The van der Waals surface area contributed by atoms with Gasteiger partial charge in [0.15, 0.2) is 0 Å². The average molecular weight is 415 g/mol. The highest BCUT2D eigenvalue weighted by atomic mass is 33.1. The Balaban J connectivity index is 1.79. The number of unbranched alkanes of at least 4 members (excludes halogenated alkanes) is 1. The minimum absolute atomic E-state index is 0.0733. The van der Waals surface area contributed by atoms with E-state index in [0.29, 0.717) is 21.9 Å². The van der Waals surface area contributed by atoms with E-state index in [4.69, 9.17) is 17.0 Å². The van der Waals surface area contributed by atoms with Gasteiger partial charge in [0.05, 0.1) is 4.20 Å². The molecule has 25 heavy (non-hydrogen) atoms. The van der Waals surface area contributed by atoms with Crippen molar-refractivity contribution in [3.05, 3.63) is 35.9 Å². The first-order chi connectivity index (χ1) is 12.1. The number of rotatable bonds is 8. The third kappa shape index (κ3) is 7.64. The Hall–Kier alpha value is -0.630. The summed E-state index contributed by atoms with van der Waals surface area (Å²) in [5, 5.41) is 10.8. The fourth-order valence-corrected chi connectivity index (χ4v) is 5.73. The number of aliphatic hydroxyl groups is 1. The smallest absolute Gasteiger partial charge is 0.311 e. The summed E-state index contributed by atoms with van der Waals surface area (Å²) >= 11 is 6.46. The summed E-state index contributed by atoms with van der Waals surface area (Å²) in [7, 11) is 3.92. The first-order valence-corrected chi connectivity index (χ1v) is 12.2. The molecule has 1 unspecified atom stereocenters. The van der Waals surface area contributed by atoms with Crippen LogP contribution in [-0.4, -0.2) is 32.5 Å². The van der Waals surface area contributed by atoms with E-state index in [1.54, 1.807) is 24.3 Å². The number of thioether (sulfide) groups is 1. The summed E-state index contributed by atoms with van der Waals surface area (Å²) in [6, 6.07) is 6.87. The van der Waals surface area contributed by atoms with Crippen LogP contribution in [0.3, 0.4) is 0 Å². The number of thiocarbonyl (C=S) groups is 1. The number of benzene rings is 1. The Morgan fingerprint density at radius 1 is 1.48 bits per heavy atom. The summed E-state index contributed by atoms with van der Waals surface area (Å²) in [6.45, 7) is 0. The van der Waals surface area contributed by atoms with Crippen molar-refractivity contribution >= 4 is 61.5 Å². The SMILES string of the molecule is CSC(=S)/C=C(\O)c1cccc(OC(=O)CCCCC2CCSS2)c1. The number of hydrogen-bond acceptors (Lipinski definition) is 7. The molecule has 0 aromatic heterocycles. The van der Waals surface area contributed by atoms with Gasteiger partial charge in [-0.1, -0.05) is 52.4 Å². The predicted octanol–water partition coefficient (Wildman–Crippen LogP) is 5.90. The summed E-state index contributed by atoms with van der Waals surface area (Å²) in [5.74, 6) is 1.54. The lowest BCUT2D eigenvalue weighted by Crippen LogP contribution is -2.08. The van der Waals surface area contributed by atoms with E-state index in [-0.39, 0.29) is 11.7 Å². The Morgan fingerprint density at radius 3 is 3.04 bits per heavy atom. The van der Waals surface area contributed by atoms with Crippen LogP contribution >= 0.6 is 45.6 Å². The van der Waals surface area contributed by atoms with E-state index in [9.17, 15) is 9.90 Å². The second-order valence-electron chi connectivity index (χ2n) is 5.63. The fourth-order valence-electron chi connectivity index (χ4n) is 2.36. The average Bonchev–Trinajstić information content (AvgIpc) is 3.12. The fraction of sp³-hybridized carbons (Fsp3) is 0.444. The topological polar surface area (TPSA) is 46.5 Å². The largest absolute Gasteiger partial charge is 0.507 e. The van der Waals surface area contributed by atoms with Crippen LogP contribution in [0.5, 0.6) is 5.75 Å². The molecule has 0 aliphatic carbocycles. The first kappa shape index (κ1) is 20.7. The summed E-state index contributed by atoms with van der Waals surface area (Å²) in [6.07, 6.45) is 8.18. The third-order valence-corrected chi connectivity index (χ3v) is 7.85. The zero-order valence-corrected chi connectivity index (χ0v) is 17.4. The standard InChI is InChI=1S/C18H22O3S4/c1-23-18(22)12-16(19)13-5-4-6-14(11-13)21-17(20)8-3-2-7-15-9-10-24-25-15/h4-6,11-12,15,19H,2-3,7-10H2,1H3/b16-12-. The lowest BCUT2D eigenvalue weighted by Gasteiger charge is -2.08. The molecular formula is C18H22O3S4. The molecule has 0 saturated carbocycles. The van der Waals surface area contributed by atoms with Crippen LogP contribution in [0.15, 0.2) is 30.3 Å². The molecule has 136 valence electrons. The van der Waals surface area contributed by atoms with Gasteiger partial charge in [-0.3, -0.25) is 4.79 Å². The van der Waals surface area contributed by atoms with E-state index in [2.05, 4.69) is 0 Å².